The maximum absolute atomic E-state index is 5.69. The normalized spacial score (nSPS) is 10.6. The van der Waals surface area contributed by atoms with Crippen LogP contribution in [0, 0.1) is 0 Å². The van der Waals surface area contributed by atoms with E-state index in [4.69, 9.17) is 4.42 Å². The first-order valence-electron chi connectivity index (χ1n) is 5.61. The summed E-state index contributed by atoms with van der Waals surface area (Å²) in [7, 11) is 0. The van der Waals surface area contributed by atoms with Gasteiger partial charge in [0.05, 0.1) is 6.54 Å². The van der Waals surface area contributed by atoms with Gasteiger partial charge in [0, 0.05) is 6.20 Å². The molecule has 0 fully saturated rings. The van der Waals surface area contributed by atoms with Gasteiger partial charge in [-0.2, -0.15) is 0 Å². The van der Waals surface area contributed by atoms with E-state index < -0.39 is 0 Å². The molecule has 0 aliphatic heterocycles. The Morgan fingerprint density at radius 1 is 1.25 bits per heavy atom. The van der Waals surface area contributed by atoms with Gasteiger partial charge < -0.3 is 9.73 Å². The third kappa shape index (κ3) is 2.70. The lowest BCUT2D eigenvalue weighted by Crippen LogP contribution is -2.12. The summed E-state index contributed by atoms with van der Waals surface area (Å²) in [5.41, 5.74) is 0.879. The van der Waals surface area contributed by atoms with Gasteiger partial charge >= 0.3 is 0 Å². The molecule has 0 bridgehead atoms. The molecule has 0 aromatic carbocycles. The maximum Gasteiger partial charge on any atom is 0.152 e. The van der Waals surface area contributed by atoms with Crippen LogP contribution in [0.5, 0.6) is 0 Å². The molecule has 0 unspecified atom stereocenters. The van der Waals surface area contributed by atoms with Gasteiger partial charge in [-0.25, -0.2) is 0 Å². The number of furan rings is 1. The fraction of sp³-hybridized carbons (Fsp3) is 0.308. The van der Waals surface area contributed by atoms with Crippen LogP contribution < -0.4 is 5.32 Å². The van der Waals surface area contributed by atoms with Crippen LogP contribution in [0.25, 0.3) is 11.5 Å². The summed E-state index contributed by atoms with van der Waals surface area (Å²) in [5, 5.41) is 3.30. The van der Waals surface area contributed by atoms with Gasteiger partial charge in [-0.1, -0.05) is 13.0 Å². The number of nitrogens with one attached hydrogen (secondary N) is 1. The summed E-state index contributed by atoms with van der Waals surface area (Å²) >= 11 is 0. The number of aromatic nitrogens is 1. The summed E-state index contributed by atoms with van der Waals surface area (Å²) < 4.78 is 5.69. The Kier molecular flexibility index (Phi) is 3.72. The average Bonchev–Trinajstić information content (AvgIpc) is 2.79. The molecule has 0 radical (unpaired) electrons. The predicted molar refractivity (Wildman–Crippen MR) is 63.9 cm³/mol. The molecule has 1 N–H and O–H groups in total. The number of nitrogens with zero attached hydrogens (tertiary/aromatic N) is 1. The average molecular weight is 216 g/mol. The number of hydrogen-bond donors (Lipinski definition) is 1. The van der Waals surface area contributed by atoms with Crippen molar-refractivity contribution in [1.29, 1.82) is 0 Å². The summed E-state index contributed by atoms with van der Waals surface area (Å²) in [6.45, 7) is 3.94. The summed E-state index contributed by atoms with van der Waals surface area (Å²) in [4.78, 5) is 4.24. The van der Waals surface area contributed by atoms with Crippen molar-refractivity contribution in [2.24, 2.45) is 0 Å². The van der Waals surface area contributed by atoms with Gasteiger partial charge in [0.25, 0.3) is 0 Å². The molecule has 2 aromatic heterocycles. The Hall–Kier alpha value is -1.61. The molecular formula is C13H16N2O. The van der Waals surface area contributed by atoms with E-state index >= 15 is 0 Å². The molecule has 0 saturated carbocycles. The molecule has 0 aliphatic rings. The van der Waals surface area contributed by atoms with Gasteiger partial charge in [-0.05, 0) is 37.2 Å². The van der Waals surface area contributed by atoms with E-state index in [1.54, 1.807) is 6.20 Å². The highest BCUT2D eigenvalue weighted by Gasteiger charge is 2.04. The van der Waals surface area contributed by atoms with Crippen LogP contribution in [0.4, 0.5) is 0 Å². The van der Waals surface area contributed by atoms with Gasteiger partial charge in [-0.15, -0.1) is 0 Å². The van der Waals surface area contributed by atoms with Gasteiger partial charge in [-0.3, -0.25) is 4.98 Å². The van der Waals surface area contributed by atoms with Crippen LogP contribution >= 0.6 is 0 Å². The molecule has 3 heteroatoms. The van der Waals surface area contributed by atoms with Gasteiger partial charge in [0.15, 0.2) is 5.76 Å². The highest BCUT2D eigenvalue weighted by Crippen LogP contribution is 2.19. The number of hydrogen-bond acceptors (Lipinski definition) is 3. The van der Waals surface area contributed by atoms with Crippen LogP contribution in [-0.2, 0) is 6.54 Å². The molecule has 2 aromatic rings. The maximum atomic E-state index is 5.69. The van der Waals surface area contributed by atoms with Crippen molar-refractivity contribution in [3.63, 3.8) is 0 Å². The Bertz CT molecular complexity index is 423. The third-order valence-electron chi connectivity index (χ3n) is 2.31. The highest BCUT2D eigenvalue weighted by molar-refractivity contribution is 5.51. The largest absolute Gasteiger partial charge is 0.458 e. The Morgan fingerprint density at radius 2 is 2.19 bits per heavy atom. The lowest BCUT2D eigenvalue weighted by molar-refractivity contribution is 0.492. The lowest BCUT2D eigenvalue weighted by Gasteiger charge is -1.99. The number of rotatable bonds is 5. The highest BCUT2D eigenvalue weighted by atomic mass is 16.3. The second-order valence-electron chi connectivity index (χ2n) is 3.66. The fourth-order valence-electron chi connectivity index (χ4n) is 1.51. The molecule has 2 rings (SSSR count). The zero-order valence-electron chi connectivity index (χ0n) is 9.44. The smallest absolute Gasteiger partial charge is 0.152 e. The molecule has 0 saturated heterocycles. The predicted octanol–water partition coefficient (Wildman–Crippen LogP) is 2.84. The molecule has 84 valence electrons. The fourth-order valence-corrected chi connectivity index (χ4v) is 1.51. The van der Waals surface area contributed by atoms with Crippen molar-refractivity contribution in [3.05, 3.63) is 42.3 Å². The monoisotopic (exact) mass is 216 g/mol. The van der Waals surface area contributed by atoms with Crippen molar-refractivity contribution in [3.8, 4) is 11.5 Å². The van der Waals surface area contributed by atoms with Crippen molar-refractivity contribution in [2.75, 3.05) is 6.54 Å². The van der Waals surface area contributed by atoms with E-state index in [2.05, 4.69) is 17.2 Å². The molecule has 0 spiro atoms. The van der Waals surface area contributed by atoms with Crippen LogP contribution in [0.2, 0.25) is 0 Å². The van der Waals surface area contributed by atoms with Crippen molar-refractivity contribution in [1.82, 2.24) is 10.3 Å². The molecule has 2 heterocycles. The van der Waals surface area contributed by atoms with Crippen molar-refractivity contribution < 1.29 is 4.42 Å². The Labute approximate surface area is 95.5 Å². The van der Waals surface area contributed by atoms with Gasteiger partial charge in [0.2, 0.25) is 0 Å². The first-order chi connectivity index (χ1) is 7.90. The first kappa shape index (κ1) is 10.9. The minimum atomic E-state index is 0.778. The second kappa shape index (κ2) is 5.47. The Balaban J connectivity index is 2.02. The van der Waals surface area contributed by atoms with E-state index in [0.717, 1.165) is 36.7 Å². The second-order valence-corrected chi connectivity index (χ2v) is 3.66. The quantitative estimate of drug-likeness (QED) is 0.781. The molecule has 0 amide bonds. The first-order valence-corrected chi connectivity index (χ1v) is 5.61. The molecule has 16 heavy (non-hydrogen) atoms. The standard InChI is InChI=1S/C13H16N2O/c1-2-8-14-10-11-6-7-13(16-11)12-5-3-4-9-15-12/h3-7,9,14H,2,8,10H2,1H3. The lowest BCUT2D eigenvalue weighted by atomic mass is 10.3. The van der Waals surface area contributed by atoms with Crippen LogP contribution in [0.1, 0.15) is 19.1 Å². The Morgan fingerprint density at radius 3 is 2.94 bits per heavy atom. The minimum Gasteiger partial charge on any atom is -0.458 e. The zero-order valence-corrected chi connectivity index (χ0v) is 9.44. The van der Waals surface area contributed by atoms with Gasteiger partial charge in [0.1, 0.15) is 11.5 Å². The summed E-state index contributed by atoms with van der Waals surface area (Å²) in [5.74, 6) is 1.78. The van der Waals surface area contributed by atoms with E-state index in [1.165, 1.54) is 0 Å². The topological polar surface area (TPSA) is 38.1 Å². The van der Waals surface area contributed by atoms with E-state index in [0.29, 0.717) is 0 Å². The van der Waals surface area contributed by atoms with E-state index in [1.807, 2.05) is 30.3 Å². The van der Waals surface area contributed by atoms with Crippen molar-refractivity contribution >= 4 is 0 Å². The third-order valence-corrected chi connectivity index (χ3v) is 2.31. The molecule has 0 atom stereocenters. The molecular weight excluding hydrogens is 200 g/mol. The SMILES string of the molecule is CCCNCc1ccc(-c2ccccn2)o1. The van der Waals surface area contributed by atoms with Crippen LogP contribution in [0.3, 0.4) is 0 Å². The molecule has 0 aliphatic carbocycles. The van der Waals surface area contributed by atoms with E-state index in [-0.39, 0.29) is 0 Å². The van der Waals surface area contributed by atoms with Crippen LogP contribution in [-0.4, -0.2) is 11.5 Å². The number of pyridine rings is 1. The summed E-state index contributed by atoms with van der Waals surface area (Å²) in [6, 6.07) is 9.76. The van der Waals surface area contributed by atoms with E-state index in [9.17, 15) is 0 Å². The zero-order chi connectivity index (χ0) is 11.2. The van der Waals surface area contributed by atoms with Crippen LogP contribution in [0.15, 0.2) is 40.9 Å². The summed E-state index contributed by atoms with van der Waals surface area (Å²) in [6.07, 6.45) is 2.90. The van der Waals surface area contributed by atoms with Crippen molar-refractivity contribution in [2.45, 2.75) is 19.9 Å². The minimum absolute atomic E-state index is 0.778. The molecule has 3 nitrogen and oxygen atoms in total.